The van der Waals surface area contributed by atoms with Gasteiger partial charge in [0.15, 0.2) is 0 Å². The zero-order valence-corrected chi connectivity index (χ0v) is 11.4. The third kappa shape index (κ3) is 4.86. The molecular weight excluding hydrogens is 236 g/mol. The Labute approximate surface area is 109 Å². The maximum absolute atomic E-state index is 6.22. The minimum absolute atomic E-state index is 0.583. The minimum atomic E-state index is 0.583. The molecule has 0 aliphatic heterocycles. The predicted octanol–water partition coefficient (Wildman–Crippen LogP) is 4.70. The van der Waals surface area contributed by atoms with Crippen molar-refractivity contribution in [1.29, 1.82) is 0 Å². The van der Waals surface area contributed by atoms with Gasteiger partial charge in [-0.15, -0.1) is 0 Å². The molecule has 0 spiro atoms. The van der Waals surface area contributed by atoms with Gasteiger partial charge in [0, 0.05) is 0 Å². The Balaban J connectivity index is 2.56. The first kappa shape index (κ1) is 14.2. The van der Waals surface area contributed by atoms with Crippen LogP contribution in [0.15, 0.2) is 18.2 Å². The normalized spacial score (nSPS) is 10.3. The summed E-state index contributed by atoms with van der Waals surface area (Å²) in [5.74, 6) is 1.43. The summed E-state index contributed by atoms with van der Waals surface area (Å²) in [6.45, 7) is 5.67. The molecule has 0 aliphatic carbocycles. The predicted molar refractivity (Wildman–Crippen MR) is 72.3 cm³/mol. The first-order valence-electron chi connectivity index (χ1n) is 6.33. The first-order chi connectivity index (χ1) is 8.29. The number of hydrogen-bond acceptors (Lipinski definition) is 2. The maximum atomic E-state index is 6.22. The van der Waals surface area contributed by atoms with Gasteiger partial charge < -0.3 is 9.47 Å². The van der Waals surface area contributed by atoms with E-state index in [-0.39, 0.29) is 0 Å². The van der Waals surface area contributed by atoms with Crippen LogP contribution < -0.4 is 9.47 Å². The summed E-state index contributed by atoms with van der Waals surface area (Å²) in [6.07, 6.45) is 4.31. The molecule has 0 fully saturated rings. The summed E-state index contributed by atoms with van der Waals surface area (Å²) < 4.78 is 11.2. The van der Waals surface area contributed by atoms with E-state index in [1.165, 1.54) is 0 Å². The Kier molecular flexibility index (Phi) is 6.87. The SMILES string of the molecule is CCCCOc1cccc(OCCCC)c1Cl. The number of unbranched alkanes of at least 4 members (excludes halogenated alkanes) is 2. The third-order valence-electron chi connectivity index (χ3n) is 2.44. The van der Waals surface area contributed by atoms with Gasteiger partial charge in [-0.2, -0.15) is 0 Å². The largest absolute Gasteiger partial charge is 0.492 e. The van der Waals surface area contributed by atoms with Crippen molar-refractivity contribution in [1.82, 2.24) is 0 Å². The second-order valence-electron chi connectivity index (χ2n) is 3.97. The molecule has 17 heavy (non-hydrogen) atoms. The van der Waals surface area contributed by atoms with E-state index in [2.05, 4.69) is 13.8 Å². The van der Waals surface area contributed by atoms with E-state index in [1.807, 2.05) is 18.2 Å². The third-order valence-corrected chi connectivity index (χ3v) is 2.81. The van der Waals surface area contributed by atoms with Crippen LogP contribution in [0.4, 0.5) is 0 Å². The highest BCUT2D eigenvalue weighted by molar-refractivity contribution is 6.33. The quantitative estimate of drug-likeness (QED) is 0.628. The lowest BCUT2D eigenvalue weighted by Gasteiger charge is -2.11. The first-order valence-corrected chi connectivity index (χ1v) is 6.71. The van der Waals surface area contributed by atoms with Crippen LogP contribution in [0.2, 0.25) is 5.02 Å². The Morgan fingerprint density at radius 3 is 1.82 bits per heavy atom. The molecule has 0 saturated heterocycles. The van der Waals surface area contributed by atoms with Gasteiger partial charge in [0.1, 0.15) is 16.5 Å². The topological polar surface area (TPSA) is 18.5 Å². The molecule has 0 radical (unpaired) electrons. The summed E-state index contributed by atoms with van der Waals surface area (Å²) >= 11 is 6.22. The fraction of sp³-hybridized carbons (Fsp3) is 0.571. The molecule has 0 bridgehead atoms. The number of benzene rings is 1. The van der Waals surface area contributed by atoms with E-state index in [1.54, 1.807) is 0 Å². The molecule has 0 heterocycles. The van der Waals surface area contributed by atoms with Crippen molar-refractivity contribution >= 4 is 11.6 Å². The molecule has 3 heteroatoms. The average molecular weight is 257 g/mol. The summed E-state index contributed by atoms with van der Waals surface area (Å²) in [4.78, 5) is 0. The number of halogens is 1. The van der Waals surface area contributed by atoms with Crippen LogP contribution in [-0.4, -0.2) is 13.2 Å². The monoisotopic (exact) mass is 256 g/mol. The number of rotatable bonds is 8. The average Bonchev–Trinajstić information content (AvgIpc) is 2.34. The lowest BCUT2D eigenvalue weighted by atomic mass is 10.3. The highest BCUT2D eigenvalue weighted by Crippen LogP contribution is 2.33. The molecule has 1 aromatic carbocycles. The lowest BCUT2D eigenvalue weighted by Crippen LogP contribution is -2.00. The Morgan fingerprint density at radius 1 is 0.941 bits per heavy atom. The standard InChI is InChI=1S/C14H21ClO2/c1-3-5-10-16-12-8-7-9-13(14(12)15)17-11-6-4-2/h7-9H,3-6,10-11H2,1-2H3. The van der Waals surface area contributed by atoms with Crippen LogP contribution in [0.1, 0.15) is 39.5 Å². The molecule has 1 aromatic rings. The van der Waals surface area contributed by atoms with Gasteiger partial charge in [-0.25, -0.2) is 0 Å². The Morgan fingerprint density at radius 2 is 1.41 bits per heavy atom. The van der Waals surface area contributed by atoms with Gasteiger partial charge in [0.2, 0.25) is 0 Å². The summed E-state index contributed by atoms with van der Waals surface area (Å²) in [5, 5.41) is 0.583. The van der Waals surface area contributed by atoms with Crippen LogP contribution >= 0.6 is 11.6 Å². The van der Waals surface area contributed by atoms with Crippen molar-refractivity contribution in [2.75, 3.05) is 13.2 Å². The van der Waals surface area contributed by atoms with Gasteiger partial charge in [-0.3, -0.25) is 0 Å². The molecule has 0 N–H and O–H groups in total. The molecule has 96 valence electrons. The van der Waals surface area contributed by atoms with Gasteiger partial charge >= 0.3 is 0 Å². The second kappa shape index (κ2) is 8.24. The van der Waals surface area contributed by atoms with Crippen LogP contribution in [0.5, 0.6) is 11.5 Å². The number of ether oxygens (including phenoxy) is 2. The molecule has 0 aromatic heterocycles. The minimum Gasteiger partial charge on any atom is -0.492 e. The Hall–Kier alpha value is -0.890. The second-order valence-corrected chi connectivity index (χ2v) is 4.35. The van der Waals surface area contributed by atoms with Gasteiger partial charge in [-0.05, 0) is 25.0 Å². The van der Waals surface area contributed by atoms with Crippen LogP contribution in [-0.2, 0) is 0 Å². The molecule has 1 rings (SSSR count). The molecule has 0 aliphatic rings. The van der Waals surface area contributed by atoms with Crippen LogP contribution in [0, 0.1) is 0 Å². The fourth-order valence-corrected chi connectivity index (χ4v) is 1.60. The van der Waals surface area contributed by atoms with Crippen LogP contribution in [0.3, 0.4) is 0 Å². The molecule has 0 unspecified atom stereocenters. The van der Waals surface area contributed by atoms with Crippen LogP contribution in [0.25, 0.3) is 0 Å². The van der Waals surface area contributed by atoms with Crippen molar-refractivity contribution < 1.29 is 9.47 Å². The maximum Gasteiger partial charge on any atom is 0.141 e. The van der Waals surface area contributed by atoms with E-state index >= 15 is 0 Å². The van der Waals surface area contributed by atoms with Crippen molar-refractivity contribution in [3.05, 3.63) is 23.2 Å². The molecule has 0 amide bonds. The van der Waals surface area contributed by atoms with Gasteiger partial charge in [-0.1, -0.05) is 44.4 Å². The highest BCUT2D eigenvalue weighted by atomic mass is 35.5. The van der Waals surface area contributed by atoms with Gasteiger partial charge in [0.05, 0.1) is 13.2 Å². The molecular formula is C14H21ClO2. The van der Waals surface area contributed by atoms with E-state index in [0.717, 1.165) is 25.7 Å². The van der Waals surface area contributed by atoms with E-state index in [9.17, 15) is 0 Å². The molecule has 0 atom stereocenters. The molecule has 0 saturated carbocycles. The van der Waals surface area contributed by atoms with Gasteiger partial charge in [0.25, 0.3) is 0 Å². The zero-order chi connectivity index (χ0) is 12.5. The van der Waals surface area contributed by atoms with Crippen molar-refractivity contribution in [2.45, 2.75) is 39.5 Å². The highest BCUT2D eigenvalue weighted by Gasteiger charge is 2.07. The van der Waals surface area contributed by atoms with Crippen molar-refractivity contribution in [3.63, 3.8) is 0 Å². The van der Waals surface area contributed by atoms with E-state index in [4.69, 9.17) is 21.1 Å². The molecule has 2 nitrogen and oxygen atoms in total. The zero-order valence-electron chi connectivity index (χ0n) is 10.7. The smallest absolute Gasteiger partial charge is 0.141 e. The van der Waals surface area contributed by atoms with Crippen molar-refractivity contribution in [3.8, 4) is 11.5 Å². The lowest BCUT2D eigenvalue weighted by molar-refractivity contribution is 0.294. The number of hydrogen-bond donors (Lipinski definition) is 0. The summed E-state index contributed by atoms with van der Waals surface area (Å²) in [6, 6.07) is 5.67. The summed E-state index contributed by atoms with van der Waals surface area (Å²) in [7, 11) is 0. The fourth-order valence-electron chi connectivity index (χ4n) is 1.37. The van der Waals surface area contributed by atoms with Crippen molar-refractivity contribution in [2.24, 2.45) is 0 Å². The van der Waals surface area contributed by atoms with E-state index in [0.29, 0.717) is 29.7 Å². The summed E-state index contributed by atoms with van der Waals surface area (Å²) in [5.41, 5.74) is 0. The van der Waals surface area contributed by atoms with E-state index < -0.39 is 0 Å². The Bertz CT molecular complexity index is 298.